The molecule has 5 atom stereocenters. The molecule has 0 aliphatic carbocycles. The van der Waals surface area contributed by atoms with Crippen molar-refractivity contribution >= 4 is 25.0 Å². The predicted molar refractivity (Wildman–Crippen MR) is 206 cm³/mol. The second-order valence-corrected chi connectivity index (χ2v) is 31.1. The van der Waals surface area contributed by atoms with E-state index in [2.05, 4.69) is 115 Å². The van der Waals surface area contributed by atoms with Crippen LogP contribution in [0.3, 0.4) is 0 Å². The van der Waals surface area contributed by atoms with Crippen molar-refractivity contribution in [3.63, 3.8) is 0 Å². The third-order valence-electron chi connectivity index (χ3n) is 11.1. The summed E-state index contributed by atoms with van der Waals surface area (Å²) in [6, 6.07) is 3.50. The molecule has 0 saturated carbocycles. The summed E-state index contributed by atoms with van der Waals surface area (Å²) in [5.41, 5.74) is 1.30. The Labute approximate surface area is 290 Å². The van der Waals surface area contributed by atoms with E-state index < -0.39 is 25.0 Å². The smallest absolute Gasteiger partial charge is 0.192 e. The highest BCUT2D eigenvalue weighted by Gasteiger charge is 2.44. The van der Waals surface area contributed by atoms with Gasteiger partial charge in [0.2, 0.25) is 0 Å². The van der Waals surface area contributed by atoms with E-state index in [9.17, 15) is 5.11 Å². The first kappa shape index (κ1) is 46.2. The molecule has 0 unspecified atom stereocenters. The van der Waals surface area contributed by atoms with Gasteiger partial charge in [-0.25, -0.2) is 0 Å². The van der Waals surface area contributed by atoms with Crippen LogP contribution in [0.15, 0.2) is 11.6 Å². The van der Waals surface area contributed by atoms with Crippen molar-refractivity contribution in [1.29, 1.82) is 0 Å². The predicted octanol–water partition coefficient (Wildman–Crippen LogP) is 11.1. The van der Waals surface area contributed by atoms with Gasteiger partial charge < -0.3 is 27.9 Å². The van der Waals surface area contributed by atoms with E-state index in [1.165, 1.54) is 23.7 Å². The van der Waals surface area contributed by atoms with Crippen LogP contribution in [-0.4, -0.2) is 75.0 Å². The fourth-order valence-electron chi connectivity index (χ4n) is 5.62. The van der Waals surface area contributed by atoms with Gasteiger partial charge in [-0.1, -0.05) is 94.2 Å². The van der Waals surface area contributed by atoms with E-state index in [0.29, 0.717) is 0 Å². The lowest BCUT2D eigenvalue weighted by molar-refractivity contribution is -0.0902. The van der Waals surface area contributed by atoms with Gasteiger partial charge in [0.05, 0.1) is 12.2 Å². The fourth-order valence-corrected chi connectivity index (χ4v) is 11.3. The zero-order valence-electron chi connectivity index (χ0n) is 33.7. The van der Waals surface area contributed by atoms with E-state index in [-0.39, 0.29) is 53.8 Å². The third-order valence-corrected chi connectivity index (χ3v) is 24.9. The number of aliphatic hydroxyl groups excluding tert-OH is 1. The average molecular weight is 705 g/mol. The molecule has 0 aromatic rings. The summed E-state index contributed by atoms with van der Waals surface area (Å²) in [6.07, 6.45) is 7.77. The number of aliphatic hydroxyl groups is 1. The highest BCUT2D eigenvalue weighted by atomic mass is 28.4. The first-order chi connectivity index (χ1) is 21.1. The van der Waals surface area contributed by atoms with Crippen LogP contribution in [0.1, 0.15) is 122 Å². The van der Waals surface area contributed by atoms with Gasteiger partial charge in [0.1, 0.15) is 6.79 Å². The Bertz CT molecular complexity index is 837. The number of hydrogen-bond acceptors (Lipinski definition) is 6. The Balaban J connectivity index is 6.66. The van der Waals surface area contributed by atoms with Crippen molar-refractivity contribution in [3.05, 3.63) is 11.6 Å². The number of methoxy groups -OCH3 is 1. The standard InChI is InChI=1S/C37H80O6Si3/c1-18-23-32(42-46(19-2,20-3)21-4)26-30(5)27-34(40-29-39-13)31(6)35(43-45(16,17)37(10,11)12)28-33(24-22-25-38)41-44(14,15)36(7,8)9/h27,31-35,38H,18-26,28-29H2,1-17H3/b30-27+/t31-,32-,33-,34-,35+/m1/s1. The number of rotatable bonds is 24. The summed E-state index contributed by atoms with van der Waals surface area (Å²) in [5.74, 6) is 0.0693. The Kier molecular flexibility index (Phi) is 20.8. The molecular weight excluding hydrogens is 625 g/mol. The molecule has 46 heavy (non-hydrogen) atoms. The van der Waals surface area contributed by atoms with Gasteiger partial charge in [0, 0.05) is 31.8 Å². The van der Waals surface area contributed by atoms with Gasteiger partial charge in [-0.05, 0) is 93.4 Å². The van der Waals surface area contributed by atoms with Gasteiger partial charge in [0.25, 0.3) is 0 Å². The molecular formula is C37H80O6Si3. The SMILES string of the molecule is CCC[C@H](C/C(C)=C/[C@@H](OCOC)[C@@H](C)[C@H](C[C@@H](CCCO)O[Si](C)(C)C(C)(C)C)O[Si](C)(C)C(C)(C)C)O[Si](CC)(CC)CC. The topological polar surface area (TPSA) is 66.4 Å². The monoisotopic (exact) mass is 705 g/mol. The van der Waals surface area contributed by atoms with Crippen molar-refractivity contribution in [2.24, 2.45) is 5.92 Å². The Morgan fingerprint density at radius 1 is 0.783 bits per heavy atom. The highest BCUT2D eigenvalue weighted by Crippen LogP contribution is 2.42. The normalized spacial score (nSPS) is 17.6. The zero-order valence-corrected chi connectivity index (χ0v) is 36.7. The summed E-state index contributed by atoms with van der Waals surface area (Å²) in [5, 5.41) is 9.97. The Hall–Kier alpha value is 0.151. The van der Waals surface area contributed by atoms with Crippen LogP contribution in [0.4, 0.5) is 0 Å². The molecule has 0 saturated heterocycles. The van der Waals surface area contributed by atoms with Crippen LogP contribution >= 0.6 is 0 Å². The average Bonchev–Trinajstić information content (AvgIpc) is 2.94. The van der Waals surface area contributed by atoms with Crippen LogP contribution < -0.4 is 0 Å². The second kappa shape index (κ2) is 20.7. The summed E-state index contributed by atoms with van der Waals surface area (Å²) < 4.78 is 33.3. The molecule has 9 heteroatoms. The highest BCUT2D eigenvalue weighted by molar-refractivity contribution is 6.74. The van der Waals surface area contributed by atoms with Crippen LogP contribution in [0.25, 0.3) is 0 Å². The summed E-state index contributed by atoms with van der Waals surface area (Å²) >= 11 is 0. The van der Waals surface area contributed by atoms with Crippen LogP contribution in [0, 0.1) is 5.92 Å². The minimum Gasteiger partial charge on any atom is -0.414 e. The molecule has 0 aromatic carbocycles. The molecule has 0 rings (SSSR count). The zero-order chi connectivity index (χ0) is 36.0. The molecule has 0 spiro atoms. The van der Waals surface area contributed by atoms with E-state index >= 15 is 0 Å². The van der Waals surface area contributed by atoms with E-state index in [1.807, 2.05) is 0 Å². The van der Waals surface area contributed by atoms with Crippen molar-refractivity contribution in [3.8, 4) is 0 Å². The molecule has 0 aliphatic heterocycles. The lowest BCUT2D eigenvalue weighted by Crippen LogP contribution is -2.50. The van der Waals surface area contributed by atoms with E-state index in [0.717, 1.165) is 38.5 Å². The Morgan fingerprint density at radius 3 is 1.74 bits per heavy atom. The Morgan fingerprint density at radius 2 is 1.30 bits per heavy atom. The van der Waals surface area contributed by atoms with Crippen molar-refractivity contribution in [2.75, 3.05) is 20.5 Å². The molecule has 0 radical (unpaired) electrons. The van der Waals surface area contributed by atoms with Crippen molar-refractivity contribution in [1.82, 2.24) is 0 Å². The van der Waals surface area contributed by atoms with Gasteiger partial charge in [0.15, 0.2) is 25.0 Å². The van der Waals surface area contributed by atoms with Crippen LogP contribution in [-0.2, 0) is 22.8 Å². The quantitative estimate of drug-likeness (QED) is 0.0613. The summed E-state index contributed by atoms with van der Waals surface area (Å²) in [6.45, 7) is 37.2. The lowest BCUT2D eigenvalue weighted by Gasteiger charge is -2.44. The molecule has 0 amide bonds. The lowest BCUT2D eigenvalue weighted by atomic mass is 9.91. The third kappa shape index (κ3) is 15.4. The maximum absolute atomic E-state index is 9.80. The summed E-state index contributed by atoms with van der Waals surface area (Å²) in [7, 11) is -4.20. The van der Waals surface area contributed by atoms with Crippen LogP contribution in [0.5, 0.6) is 0 Å². The van der Waals surface area contributed by atoms with Gasteiger partial charge in [-0.3, -0.25) is 0 Å². The maximum atomic E-state index is 9.80. The largest absolute Gasteiger partial charge is 0.414 e. The fraction of sp³-hybridized carbons (Fsp3) is 0.946. The summed E-state index contributed by atoms with van der Waals surface area (Å²) in [4.78, 5) is 0. The van der Waals surface area contributed by atoms with Gasteiger partial charge in [-0.2, -0.15) is 0 Å². The first-order valence-electron chi connectivity index (χ1n) is 18.5. The van der Waals surface area contributed by atoms with Crippen molar-refractivity contribution in [2.45, 2.75) is 200 Å². The minimum absolute atomic E-state index is 0.0101. The van der Waals surface area contributed by atoms with Crippen LogP contribution in [0.2, 0.25) is 54.4 Å². The molecule has 0 bridgehead atoms. The molecule has 0 heterocycles. The minimum atomic E-state index is -2.13. The molecule has 6 nitrogen and oxygen atoms in total. The maximum Gasteiger partial charge on any atom is 0.192 e. The first-order valence-corrected chi connectivity index (χ1v) is 26.9. The molecule has 276 valence electrons. The van der Waals surface area contributed by atoms with Gasteiger partial charge >= 0.3 is 0 Å². The number of hydrogen-bond donors (Lipinski definition) is 1. The molecule has 0 aliphatic rings. The van der Waals surface area contributed by atoms with Gasteiger partial charge in [-0.15, -0.1) is 0 Å². The van der Waals surface area contributed by atoms with E-state index in [4.69, 9.17) is 22.8 Å². The second-order valence-electron chi connectivity index (χ2n) is 16.9. The van der Waals surface area contributed by atoms with Crippen molar-refractivity contribution < 1.29 is 27.9 Å². The molecule has 0 aromatic heterocycles. The molecule has 1 N–H and O–H groups in total. The number of ether oxygens (including phenoxy) is 2. The molecule has 0 fully saturated rings. The van der Waals surface area contributed by atoms with E-state index in [1.54, 1.807) is 7.11 Å².